The number of hydrogen-bond donors (Lipinski definition) is 5. The summed E-state index contributed by atoms with van der Waals surface area (Å²) in [5.41, 5.74) is 3.61. The van der Waals surface area contributed by atoms with E-state index in [1.807, 2.05) is 75.5 Å². The van der Waals surface area contributed by atoms with Crippen molar-refractivity contribution in [3.63, 3.8) is 0 Å². The van der Waals surface area contributed by atoms with Crippen LogP contribution in [-0.2, 0) is 56.1 Å². The molecule has 2 aromatic carbocycles. The van der Waals surface area contributed by atoms with Crippen molar-refractivity contribution < 1.29 is 66.4 Å². The molecular weight excluding hydrogens is 969 g/mol. The molecule has 20 heteroatoms. The van der Waals surface area contributed by atoms with Gasteiger partial charge in [0.15, 0.2) is 5.71 Å². The fraction of sp³-hybridized carbons (Fsp3) is 0.469. The molecule has 2 aromatic rings. The Hall–Kier alpha value is -4.54. The Morgan fingerprint density at radius 1 is 0.710 bits per heavy atom. The highest BCUT2D eigenvalue weighted by Gasteiger charge is 2.48. The third kappa shape index (κ3) is 15.2. The van der Waals surface area contributed by atoms with Crippen LogP contribution < -0.4 is 4.90 Å². The number of rotatable bonds is 26. The maximum Gasteiger partial charge on any atom is 0.303 e. The summed E-state index contributed by atoms with van der Waals surface area (Å²) in [5, 5.41) is 9.24. The Kier molecular flexibility index (Phi) is 18.6. The number of carbonyl (C=O) groups is 1. The van der Waals surface area contributed by atoms with Crippen LogP contribution in [-0.4, -0.2) is 97.8 Å². The Labute approximate surface area is 407 Å². The van der Waals surface area contributed by atoms with Crippen molar-refractivity contribution in [2.45, 2.75) is 125 Å². The lowest BCUT2D eigenvalue weighted by Crippen LogP contribution is -2.32. The number of hydrogen-bond acceptors (Lipinski definition) is 10. The van der Waals surface area contributed by atoms with Gasteiger partial charge in [0, 0.05) is 53.9 Å². The monoisotopic (exact) mass is 1030 g/mol. The number of fused-ring (bicyclic) bond motifs is 2. The van der Waals surface area contributed by atoms with Crippen LogP contribution in [0.4, 0.5) is 11.4 Å². The van der Waals surface area contributed by atoms with Crippen LogP contribution in [0.5, 0.6) is 0 Å². The number of unbranched alkanes of at least 4 members (excludes halogenated alkanes) is 4. The molecule has 3 unspecified atom stereocenters. The smallest absolute Gasteiger partial charge is 0.303 e. The van der Waals surface area contributed by atoms with Gasteiger partial charge in [0.05, 0.1) is 26.7 Å². The van der Waals surface area contributed by atoms with Gasteiger partial charge < -0.3 is 10.0 Å². The highest BCUT2D eigenvalue weighted by molar-refractivity contribution is 7.86. The second-order valence-corrected chi connectivity index (χ2v) is 24.5. The average Bonchev–Trinajstić information content (AvgIpc) is 3.60. The van der Waals surface area contributed by atoms with Crippen LogP contribution in [0.1, 0.15) is 115 Å². The molecule has 5 N–H and O–H groups in total. The second kappa shape index (κ2) is 23.1. The van der Waals surface area contributed by atoms with Gasteiger partial charge in [0.25, 0.3) is 40.5 Å². The standard InChI is InChI=1S/C49H64N2O14S4/c1-37(34-46-49(3,29-12-15-33-67(57,58)59)42-36-40(69(63,64)65)25-27-44(42)51(46)30-13-7-10-23-47(52)53)18-16-22-45-48(2,28-11-14-32-66(54,55)56)41-35-39(68(60,61)62)24-26-43(41)50(45)31-17-21-38-19-8-5-4-6-9-20-38/h4-6,8-9,16,19-20,22,24-27,34-37H,7,10-15,17-18,21,23,28-33H2,1-3H3,(H4-,52,53,54,55,56,57,58,59,60,61,62,63,64,65)/p+1/b5-4-,6-4?,8-5?,9-6-,19-8-,20-9?,22-16+,38-19?,38-20+,46-34+. The molecule has 0 saturated heterocycles. The molecule has 0 amide bonds. The predicted molar refractivity (Wildman–Crippen MR) is 267 cm³/mol. The number of carboxylic acid groups (broad SMARTS) is 1. The van der Waals surface area contributed by atoms with Crippen LogP contribution in [0.15, 0.2) is 118 Å². The first-order valence-electron chi connectivity index (χ1n) is 23.1. The molecule has 69 heavy (non-hydrogen) atoms. The summed E-state index contributed by atoms with van der Waals surface area (Å²) in [4.78, 5) is 12.8. The zero-order valence-corrected chi connectivity index (χ0v) is 42.5. The maximum atomic E-state index is 12.5. The van der Waals surface area contributed by atoms with Gasteiger partial charge in [-0.1, -0.05) is 80.9 Å². The van der Waals surface area contributed by atoms with Gasteiger partial charge in [-0.25, -0.2) is 0 Å². The van der Waals surface area contributed by atoms with E-state index in [1.165, 1.54) is 24.3 Å². The van der Waals surface area contributed by atoms with Crippen molar-refractivity contribution in [3.8, 4) is 0 Å². The summed E-state index contributed by atoms with van der Waals surface area (Å²) in [6, 6.07) is 8.87. The van der Waals surface area contributed by atoms with Crippen molar-refractivity contribution in [3.05, 3.63) is 120 Å². The topological polar surface area (TPSA) is 261 Å². The van der Waals surface area contributed by atoms with Crippen molar-refractivity contribution in [2.75, 3.05) is 29.5 Å². The van der Waals surface area contributed by atoms with E-state index in [-0.39, 0.29) is 35.0 Å². The third-order valence-electron chi connectivity index (χ3n) is 13.1. The molecule has 0 bridgehead atoms. The third-order valence-corrected chi connectivity index (χ3v) is 16.4. The van der Waals surface area contributed by atoms with Crippen LogP contribution in [0.3, 0.4) is 0 Å². The Morgan fingerprint density at radius 2 is 1.30 bits per heavy atom. The minimum absolute atomic E-state index is 0.00349. The number of nitrogens with zero attached hydrogens (tertiary/aromatic N) is 2. The van der Waals surface area contributed by atoms with E-state index in [2.05, 4.69) is 15.6 Å². The van der Waals surface area contributed by atoms with Gasteiger partial charge >= 0.3 is 5.97 Å². The van der Waals surface area contributed by atoms with E-state index in [4.69, 9.17) is 0 Å². The van der Waals surface area contributed by atoms with Crippen LogP contribution in [0, 0.1) is 5.92 Å². The molecule has 378 valence electrons. The minimum Gasteiger partial charge on any atom is -0.481 e. The Balaban J connectivity index is 1.57. The molecule has 2 aliphatic heterocycles. The average molecular weight is 1030 g/mol. The van der Waals surface area contributed by atoms with Crippen molar-refractivity contribution >= 4 is 63.5 Å². The molecule has 3 atom stereocenters. The van der Waals surface area contributed by atoms with Crippen LogP contribution in [0.2, 0.25) is 0 Å². The van der Waals surface area contributed by atoms with Gasteiger partial charge in [-0.2, -0.15) is 38.2 Å². The zero-order valence-electron chi connectivity index (χ0n) is 39.3. The highest BCUT2D eigenvalue weighted by atomic mass is 32.2. The van der Waals surface area contributed by atoms with Gasteiger partial charge in [-0.3, -0.25) is 23.0 Å². The maximum absolute atomic E-state index is 12.5. The van der Waals surface area contributed by atoms with Gasteiger partial charge in [0.1, 0.15) is 6.54 Å². The van der Waals surface area contributed by atoms with Crippen molar-refractivity contribution in [1.29, 1.82) is 0 Å². The molecule has 0 saturated carbocycles. The SMILES string of the molecule is CC(/C=C1/N(CCCCCC(=O)O)c2ccc(S(=O)(=O)O)cc2C1(C)CCCCS(=O)(=O)O)C/C=C/C1=[N+](CCCC2=C/C=C\C=C/C=C\2)c2ccc(S(=O)(=O)O)cc2C1(C)CCCCS(=O)(=O)O. The molecule has 0 spiro atoms. The lowest BCUT2D eigenvalue weighted by molar-refractivity contribution is -0.438. The largest absolute Gasteiger partial charge is 0.481 e. The Morgan fingerprint density at radius 3 is 1.93 bits per heavy atom. The first-order valence-corrected chi connectivity index (χ1v) is 29.2. The first kappa shape index (κ1) is 55.4. The van der Waals surface area contributed by atoms with Crippen molar-refractivity contribution in [2.24, 2.45) is 5.92 Å². The highest BCUT2D eigenvalue weighted by Crippen LogP contribution is 2.52. The van der Waals surface area contributed by atoms with Gasteiger partial charge in [0.2, 0.25) is 5.69 Å². The molecule has 3 aliphatic rings. The van der Waals surface area contributed by atoms with E-state index >= 15 is 0 Å². The van der Waals surface area contributed by atoms with Crippen LogP contribution in [0.25, 0.3) is 0 Å². The van der Waals surface area contributed by atoms with Crippen molar-refractivity contribution in [1.82, 2.24) is 0 Å². The summed E-state index contributed by atoms with van der Waals surface area (Å²) >= 11 is 0. The summed E-state index contributed by atoms with van der Waals surface area (Å²) in [5.74, 6) is -2.01. The Bertz CT molecular complexity index is 2920. The summed E-state index contributed by atoms with van der Waals surface area (Å²) in [6.45, 7) is 6.85. The fourth-order valence-corrected chi connectivity index (χ4v) is 11.7. The van der Waals surface area contributed by atoms with E-state index < -0.39 is 68.8 Å². The predicted octanol–water partition coefficient (Wildman–Crippen LogP) is 8.93. The lowest BCUT2D eigenvalue weighted by atomic mass is 9.75. The van der Waals surface area contributed by atoms with E-state index in [0.29, 0.717) is 87.7 Å². The number of anilines is 1. The van der Waals surface area contributed by atoms with Crippen LogP contribution >= 0.6 is 0 Å². The second-order valence-electron chi connectivity index (χ2n) is 18.5. The molecule has 0 radical (unpaired) electrons. The first-order chi connectivity index (χ1) is 32.2. The number of allylic oxidation sites excluding steroid dienone is 12. The van der Waals surface area contributed by atoms with E-state index in [9.17, 15) is 61.8 Å². The summed E-state index contributed by atoms with van der Waals surface area (Å²) in [7, 11) is -17.7. The van der Waals surface area contributed by atoms with E-state index in [1.54, 1.807) is 12.1 Å². The molecule has 1 aliphatic carbocycles. The zero-order chi connectivity index (χ0) is 50.8. The summed E-state index contributed by atoms with van der Waals surface area (Å²) < 4.78 is 138. The fourth-order valence-electron chi connectivity index (χ4n) is 9.59. The number of carboxylic acids is 1. The summed E-state index contributed by atoms with van der Waals surface area (Å²) in [6.07, 6.45) is 25.1. The van der Waals surface area contributed by atoms with Gasteiger partial charge in [-0.05, 0) is 113 Å². The normalized spacial score (nSPS) is 22.8. The lowest BCUT2D eigenvalue weighted by Gasteiger charge is -2.32. The number of aliphatic carboxylic acids is 1. The molecule has 5 rings (SSSR count). The molecule has 0 fully saturated rings. The molecule has 2 heterocycles. The quantitative estimate of drug-likeness (QED) is 0.0335. The number of benzene rings is 2. The minimum atomic E-state index is -4.61. The molecule has 16 nitrogen and oxygen atoms in total. The van der Waals surface area contributed by atoms with Gasteiger partial charge in [-0.15, -0.1) is 0 Å². The van der Waals surface area contributed by atoms with E-state index in [0.717, 1.165) is 29.1 Å². The molecular formula is C49H65N2O14S4+. The molecule has 0 aromatic heterocycles.